The second-order valence-electron chi connectivity index (χ2n) is 6.00. The second kappa shape index (κ2) is 9.36. The molecular weight excluding hydrogens is 410 g/mol. The molecule has 0 aliphatic rings. The number of carbonyl (C=O) groups excluding carboxylic acids is 1. The molecule has 6 nitrogen and oxygen atoms in total. The normalized spacial score (nSPS) is 10.8. The van der Waals surface area contributed by atoms with Gasteiger partial charge in [0.25, 0.3) is 5.69 Å². The number of para-hydroxylation sites is 1. The van der Waals surface area contributed by atoms with Crippen molar-refractivity contribution in [1.29, 1.82) is 0 Å². The molecule has 3 aromatic rings. The smallest absolute Gasteiger partial charge is 0.283 e. The van der Waals surface area contributed by atoms with Crippen LogP contribution in [0.5, 0.6) is 0 Å². The van der Waals surface area contributed by atoms with E-state index in [4.69, 9.17) is 11.6 Å². The van der Waals surface area contributed by atoms with Crippen molar-refractivity contribution in [2.75, 3.05) is 5.32 Å². The van der Waals surface area contributed by atoms with Crippen molar-refractivity contribution in [3.8, 4) is 0 Å². The largest absolute Gasteiger partial charge is 0.325 e. The van der Waals surface area contributed by atoms with Crippen molar-refractivity contribution < 1.29 is 9.72 Å². The Morgan fingerprint density at radius 3 is 2.62 bits per heavy atom. The predicted octanol–water partition coefficient (Wildman–Crippen LogP) is 6.11. The van der Waals surface area contributed by atoms with Gasteiger partial charge in [0.1, 0.15) is 0 Å². The molecule has 1 amide bonds. The lowest BCUT2D eigenvalue weighted by Gasteiger charge is -2.10. The van der Waals surface area contributed by atoms with E-state index in [2.05, 4.69) is 10.3 Å². The third-order valence-electron chi connectivity index (χ3n) is 3.77. The van der Waals surface area contributed by atoms with E-state index in [-0.39, 0.29) is 11.6 Å². The maximum absolute atomic E-state index is 11.6. The van der Waals surface area contributed by atoms with E-state index in [9.17, 15) is 14.9 Å². The molecule has 0 saturated carbocycles. The Bertz CT molecular complexity index is 1100. The summed E-state index contributed by atoms with van der Waals surface area (Å²) in [5.74, 6) is -0.208. The van der Waals surface area contributed by atoms with Gasteiger partial charge in [-0.15, -0.1) is 0 Å². The Morgan fingerprint density at radius 2 is 1.90 bits per heavy atom. The molecule has 0 spiro atoms. The first kappa shape index (κ1) is 20.6. The first-order valence-corrected chi connectivity index (χ1v) is 9.74. The summed E-state index contributed by atoms with van der Waals surface area (Å²) in [4.78, 5) is 28.1. The van der Waals surface area contributed by atoms with Crippen LogP contribution in [0, 0.1) is 10.1 Å². The quantitative estimate of drug-likeness (QED) is 0.293. The maximum Gasteiger partial charge on any atom is 0.283 e. The molecule has 3 aromatic carbocycles. The van der Waals surface area contributed by atoms with Gasteiger partial charge in [-0.25, -0.2) is 0 Å². The number of nitro benzene ring substituents is 1. The first-order chi connectivity index (χ1) is 13.9. The Kier molecular flexibility index (Phi) is 6.64. The summed E-state index contributed by atoms with van der Waals surface area (Å²) in [6, 6.07) is 19.1. The summed E-state index contributed by atoms with van der Waals surface area (Å²) in [7, 11) is 0. The second-order valence-corrected chi connectivity index (χ2v) is 7.52. The fourth-order valence-corrected chi connectivity index (χ4v) is 3.69. The van der Waals surface area contributed by atoms with Crippen LogP contribution in [0.4, 0.5) is 17.1 Å². The topological polar surface area (TPSA) is 84.6 Å². The minimum atomic E-state index is -0.430. The molecule has 3 rings (SSSR count). The fourth-order valence-electron chi connectivity index (χ4n) is 2.52. The van der Waals surface area contributed by atoms with Crippen LogP contribution in [0.15, 0.2) is 81.5 Å². The summed E-state index contributed by atoms with van der Waals surface area (Å²) in [6.07, 6.45) is 1.55. The summed E-state index contributed by atoms with van der Waals surface area (Å²) in [5, 5.41) is 14.9. The van der Waals surface area contributed by atoms with Crippen LogP contribution in [-0.4, -0.2) is 17.0 Å². The number of nitrogens with zero attached hydrogens (tertiary/aromatic N) is 2. The summed E-state index contributed by atoms with van der Waals surface area (Å²) < 4.78 is 0. The average Bonchev–Trinajstić information content (AvgIpc) is 2.68. The zero-order valence-electron chi connectivity index (χ0n) is 15.3. The Labute approximate surface area is 176 Å². The summed E-state index contributed by atoms with van der Waals surface area (Å²) >= 11 is 7.16. The number of anilines is 1. The van der Waals surface area contributed by atoms with E-state index < -0.39 is 4.92 Å². The van der Waals surface area contributed by atoms with Crippen molar-refractivity contribution in [2.24, 2.45) is 4.99 Å². The zero-order valence-corrected chi connectivity index (χ0v) is 16.9. The lowest BCUT2D eigenvalue weighted by molar-refractivity contribution is -0.387. The maximum atomic E-state index is 11.6. The van der Waals surface area contributed by atoms with E-state index >= 15 is 0 Å². The van der Waals surface area contributed by atoms with Gasteiger partial charge in [0.15, 0.2) is 0 Å². The molecule has 1 N–H and O–H groups in total. The van der Waals surface area contributed by atoms with Gasteiger partial charge in [0, 0.05) is 29.1 Å². The molecule has 0 radical (unpaired) electrons. The summed E-state index contributed by atoms with van der Waals surface area (Å²) in [6.45, 7) is 1.41. The molecular formula is C21H16ClN3O3S. The van der Waals surface area contributed by atoms with Crippen LogP contribution in [0.3, 0.4) is 0 Å². The van der Waals surface area contributed by atoms with Crippen molar-refractivity contribution in [3.63, 3.8) is 0 Å². The molecule has 0 aliphatic carbocycles. The van der Waals surface area contributed by atoms with E-state index in [1.54, 1.807) is 60.8 Å². The molecule has 0 saturated heterocycles. The SMILES string of the molecule is CC(=O)Nc1ccccc1Sc1ccc(C=Nc2cccc(Cl)c2)cc1[N+](=O)[O-]. The monoisotopic (exact) mass is 425 g/mol. The van der Waals surface area contributed by atoms with Gasteiger partial charge < -0.3 is 5.32 Å². The number of hydrogen-bond acceptors (Lipinski definition) is 5. The van der Waals surface area contributed by atoms with Crippen LogP contribution < -0.4 is 5.32 Å². The molecule has 146 valence electrons. The number of aliphatic imine (C=N–C) groups is 1. The number of halogens is 1. The minimum Gasteiger partial charge on any atom is -0.325 e. The molecule has 0 aliphatic heterocycles. The highest BCUT2D eigenvalue weighted by atomic mass is 35.5. The van der Waals surface area contributed by atoms with E-state index in [0.717, 1.165) is 0 Å². The lowest BCUT2D eigenvalue weighted by atomic mass is 10.2. The number of amides is 1. The van der Waals surface area contributed by atoms with Crippen LogP contribution in [0.2, 0.25) is 5.02 Å². The first-order valence-electron chi connectivity index (χ1n) is 8.55. The number of carbonyl (C=O) groups is 1. The molecule has 0 bridgehead atoms. The predicted molar refractivity (Wildman–Crippen MR) is 117 cm³/mol. The third kappa shape index (κ3) is 5.66. The van der Waals surface area contributed by atoms with Crippen LogP contribution in [-0.2, 0) is 4.79 Å². The molecule has 0 fully saturated rings. The van der Waals surface area contributed by atoms with Gasteiger partial charge in [0.05, 0.1) is 21.2 Å². The van der Waals surface area contributed by atoms with Crippen LogP contribution in [0.1, 0.15) is 12.5 Å². The van der Waals surface area contributed by atoms with Gasteiger partial charge in [-0.3, -0.25) is 19.9 Å². The molecule has 0 heterocycles. The third-order valence-corrected chi connectivity index (χ3v) is 5.14. The van der Waals surface area contributed by atoms with Crippen molar-refractivity contribution in [2.45, 2.75) is 16.7 Å². The number of nitro groups is 1. The van der Waals surface area contributed by atoms with Crippen molar-refractivity contribution in [3.05, 3.63) is 87.4 Å². The standard InChI is InChI=1S/C21H16ClN3O3S/c1-14(26)24-18-7-2-3-8-20(18)29-21-10-9-15(11-19(21)25(27)28)13-23-17-6-4-5-16(22)12-17/h2-13H,1H3,(H,24,26). The lowest BCUT2D eigenvalue weighted by Crippen LogP contribution is -2.06. The summed E-state index contributed by atoms with van der Waals surface area (Å²) in [5.41, 5.74) is 1.81. The molecule has 0 unspecified atom stereocenters. The van der Waals surface area contributed by atoms with Crippen LogP contribution in [0.25, 0.3) is 0 Å². The fraction of sp³-hybridized carbons (Fsp3) is 0.0476. The molecule has 0 atom stereocenters. The number of benzene rings is 3. The highest BCUT2D eigenvalue weighted by Gasteiger charge is 2.17. The van der Waals surface area contributed by atoms with E-state index in [1.807, 2.05) is 6.07 Å². The Morgan fingerprint density at radius 1 is 1.10 bits per heavy atom. The Balaban J connectivity index is 1.89. The number of nitrogens with one attached hydrogen (secondary N) is 1. The minimum absolute atomic E-state index is 0.0392. The molecule has 8 heteroatoms. The van der Waals surface area contributed by atoms with Crippen molar-refractivity contribution >= 4 is 52.5 Å². The van der Waals surface area contributed by atoms with Gasteiger partial charge >= 0.3 is 0 Å². The zero-order chi connectivity index (χ0) is 20.8. The highest BCUT2D eigenvalue weighted by Crippen LogP contribution is 2.38. The highest BCUT2D eigenvalue weighted by molar-refractivity contribution is 7.99. The molecule has 0 aromatic heterocycles. The van der Waals surface area contributed by atoms with E-state index in [0.29, 0.717) is 31.8 Å². The van der Waals surface area contributed by atoms with Gasteiger partial charge in [-0.1, -0.05) is 47.6 Å². The number of hydrogen-bond donors (Lipinski definition) is 1. The van der Waals surface area contributed by atoms with Gasteiger partial charge in [-0.2, -0.15) is 0 Å². The van der Waals surface area contributed by atoms with E-state index in [1.165, 1.54) is 24.8 Å². The van der Waals surface area contributed by atoms with Gasteiger partial charge in [-0.05, 0) is 42.0 Å². The Hall–Kier alpha value is -3.16. The van der Waals surface area contributed by atoms with Gasteiger partial charge in [0.2, 0.25) is 5.91 Å². The van der Waals surface area contributed by atoms with Crippen LogP contribution >= 0.6 is 23.4 Å². The number of rotatable bonds is 6. The average molecular weight is 426 g/mol. The van der Waals surface area contributed by atoms with Crippen molar-refractivity contribution in [1.82, 2.24) is 0 Å². The molecule has 29 heavy (non-hydrogen) atoms.